The van der Waals surface area contributed by atoms with Crippen LogP contribution in [-0.4, -0.2) is 59.2 Å². The Bertz CT molecular complexity index is 939. The fraction of sp³-hybridized carbons (Fsp3) is 0.333. The fourth-order valence-corrected chi connectivity index (χ4v) is 3.89. The van der Waals surface area contributed by atoms with Gasteiger partial charge in [0.1, 0.15) is 0 Å². The van der Waals surface area contributed by atoms with Crippen molar-refractivity contribution in [3.63, 3.8) is 0 Å². The van der Waals surface area contributed by atoms with Gasteiger partial charge in [0.25, 0.3) is 17.7 Å². The van der Waals surface area contributed by atoms with Gasteiger partial charge in [0, 0.05) is 31.0 Å². The highest BCUT2D eigenvalue weighted by molar-refractivity contribution is 6.22. The number of likely N-dealkylation sites (tertiary alicyclic amines) is 1. The minimum Gasteiger partial charge on any atom is -0.338 e. The zero-order valence-corrected chi connectivity index (χ0v) is 18.2. The summed E-state index contributed by atoms with van der Waals surface area (Å²) in [5.41, 5.74) is 1.94. The van der Waals surface area contributed by atoms with Gasteiger partial charge in [-0.3, -0.25) is 24.3 Å². The van der Waals surface area contributed by atoms with Crippen LogP contribution in [0.5, 0.6) is 0 Å². The van der Waals surface area contributed by atoms with E-state index in [4.69, 9.17) is 0 Å². The quantitative estimate of drug-likeness (QED) is 0.707. The second-order valence-electron chi connectivity index (χ2n) is 7.28. The van der Waals surface area contributed by atoms with Crippen molar-refractivity contribution < 1.29 is 14.4 Å². The summed E-state index contributed by atoms with van der Waals surface area (Å²) in [6, 6.07) is 8.35. The van der Waals surface area contributed by atoms with Crippen molar-refractivity contribution in [1.29, 1.82) is 0 Å². The molecule has 160 valence electrons. The van der Waals surface area contributed by atoms with Crippen LogP contribution in [0.25, 0.3) is 0 Å². The predicted octanol–water partition coefficient (Wildman–Crippen LogP) is 2.40. The van der Waals surface area contributed by atoms with E-state index in [0.29, 0.717) is 35.7 Å². The SMILES string of the molecule is CNCC1CCN(C(=O)c2ccc3c(c2)C(=O)N(Cc2ccncc2)C3=O)C1.Cl.Cl. The molecule has 1 atom stereocenters. The van der Waals surface area contributed by atoms with Crippen LogP contribution in [-0.2, 0) is 6.54 Å². The molecule has 2 aliphatic heterocycles. The lowest BCUT2D eigenvalue weighted by Crippen LogP contribution is -2.30. The summed E-state index contributed by atoms with van der Waals surface area (Å²) in [5, 5.41) is 3.15. The number of halogens is 2. The molecule has 7 nitrogen and oxygen atoms in total. The van der Waals surface area contributed by atoms with Crippen molar-refractivity contribution in [3.8, 4) is 0 Å². The summed E-state index contributed by atoms with van der Waals surface area (Å²) < 4.78 is 0. The van der Waals surface area contributed by atoms with Gasteiger partial charge in [-0.05, 0) is 61.8 Å². The van der Waals surface area contributed by atoms with E-state index in [2.05, 4.69) is 10.3 Å². The normalized spacial score (nSPS) is 17.4. The van der Waals surface area contributed by atoms with Crippen molar-refractivity contribution in [3.05, 3.63) is 65.0 Å². The number of imide groups is 1. The molecule has 9 heteroatoms. The van der Waals surface area contributed by atoms with Gasteiger partial charge in [0.2, 0.25) is 0 Å². The monoisotopic (exact) mass is 450 g/mol. The van der Waals surface area contributed by atoms with E-state index in [1.54, 1.807) is 42.7 Å². The summed E-state index contributed by atoms with van der Waals surface area (Å²) >= 11 is 0. The molecular formula is C21H24Cl2N4O3. The molecule has 1 N–H and O–H groups in total. The molecule has 0 spiro atoms. The molecule has 4 rings (SSSR count). The van der Waals surface area contributed by atoms with E-state index in [9.17, 15) is 14.4 Å². The lowest BCUT2D eigenvalue weighted by Gasteiger charge is -2.17. The number of aromatic nitrogens is 1. The fourth-order valence-electron chi connectivity index (χ4n) is 3.89. The van der Waals surface area contributed by atoms with Gasteiger partial charge in [-0.2, -0.15) is 0 Å². The third-order valence-electron chi connectivity index (χ3n) is 5.37. The van der Waals surface area contributed by atoms with E-state index < -0.39 is 0 Å². The number of benzene rings is 1. The van der Waals surface area contributed by atoms with Crippen LogP contribution < -0.4 is 5.32 Å². The van der Waals surface area contributed by atoms with Crippen molar-refractivity contribution in [2.24, 2.45) is 5.92 Å². The van der Waals surface area contributed by atoms with Crippen molar-refractivity contribution in [2.75, 3.05) is 26.7 Å². The van der Waals surface area contributed by atoms with Gasteiger partial charge in [-0.1, -0.05) is 0 Å². The van der Waals surface area contributed by atoms with Crippen LogP contribution in [0.3, 0.4) is 0 Å². The molecule has 1 unspecified atom stereocenters. The van der Waals surface area contributed by atoms with E-state index in [0.717, 1.165) is 18.5 Å². The van der Waals surface area contributed by atoms with Gasteiger partial charge in [-0.25, -0.2) is 0 Å². The van der Waals surface area contributed by atoms with Crippen molar-refractivity contribution >= 4 is 42.5 Å². The molecule has 2 aliphatic rings. The van der Waals surface area contributed by atoms with Crippen LogP contribution in [0.15, 0.2) is 42.7 Å². The number of amides is 3. The number of carbonyl (C=O) groups is 3. The second-order valence-corrected chi connectivity index (χ2v) is 7.28. The minimum absolute atomic E-state index is 0. The lowest BCUT2D eigenvalue weighted by molar-refractivity contribution is 0.0642. The predicted molar refractivity (Wildman–Crippen MR) is 117 cm³/mol. The number of fused-ring (bicyclic) bond motifs is 1. The van der Waals surface area contributed by atoms with Crippen LogP contribution in [0.2, 0.25) is 0 Å². The number of nitrogens with one attached hydrogen (secondary N) is 1. The topological polar surface area (TPSA) is 82.6 Å². The maximum Gasteiger partial charge on any atom is 0.261 e. The molecule has 0 saturated carbocycles. The van der Waals surface area contributed by atoms with Crippen LogP contribution in [0.4, 0.5) is 0 Å². The lowest BCUT2D eigenvalue weighted by atomic mass is 10.0. The number of nitrogens with zero attached hydrogens (tertiary/aromatic N) is 3. The van der Waals surface area contributed by atoms with E-state index in [-0.39, 0.29) is 49.1 Å². The van der Waals surface area contributed by atoms with Gasteiger partial charge in [0.05, 0.1) is 17.7 Å². The Morgan fingerprint density at radius 2 is 1.80 bits per heavy atom. The number of carbonyl (C=O) groups excluding carboxylic acids is 3. The van der Waals surface area contributed by atoms with Crippen LogP contribution in [0, 0.1) is 5.92 Å². The van der Waals surface area contributed by atoms with E-state index >= 15 is 0 Å². The van der Waals surface area contributed by atoms with Crippen LogP contribution in [0.1, 0.15) is 43.1 Å². The Morgan fingerprint density at radius 3 is 2.50 bits per heavy atom. The maximum atomic E-state index is 12.8. The number of rotatable bonds is 5. The molecule has 0 radical (unpaired) electrons. The molecule has 1 aromatic carbocycles. The summed E-state index contributed by atoms with van der Waals surface area (Å²) in [5.74, 6) is -0.330. The second kappa shape index (κ2) is 10.0. The van der Waals surface area contributed by atoms with Gasteiger partial charge < -0.3 is 10.2 Å². The average Bonchev–Trinajstić information content (AvgIpc) is 3.27. The third kappa shape index (κ3) is 4.48. The highest BCUT2D eigenvalue weighted by atomic mass is 35.5. The highest BCUT2D eigenvalue weighted by Crippen LogP contribution is 2.27. The minimum atomic E-state index is -0.360. The molecular weight excluding hydrogens is 427 g/mol. The Labute approximate surface area is 187 Å². The summed E-state index contributed by atoms with van der Waals surface area (Å²) in [7, 11) is 1.91. The van der Waals surface area contributed by atoms with Gasteiger partial charge in [0.15, 0.2) is 0 Å². The summed E-state index contributed by atoms with van der Waals surface area (Å²) in [6.07, 6.45) is 4.22. The zero-order chi connectivity index (χ0) is 19.7. The average molecular weight is 451 g/mol. The molecule has 1 aromatic heterocycles. The molecule has 0 aliphatic carbocycles. The molecule has 1 fully saturated rings. The first-order chi connectivity index (χ1) is 13.6. The largest absolute Gasteiger partial charge is 0.338 e. The summed E-state index contributed by atoms with van der Waals surface area (Å²) in [6.45, 7) is 2.49. The van der Waals surface area contributed by atoms with E-state index in [1.165, 1.54) is 4.90 Å². The van der Waals surface area contributed by atoms with Crippen molar-refractivity contribution in [2.45, 2.75) is 13.0 Å². The highest BCUT2D eigenvalue weighted by Gasteiger charge is 2.36. The Morgan fingerprint density at radius 1 is 1.10 bits per heavy atom. The van der Waals surface area contributed by atoms with E-state index in [1.807, 2.05) is 11.9 Å². The van der Waals surface area contributed by atoms with Crippen molar-refractivity contribution in [1.82, 2.24) is 20.1 Å². The summed E-state index contributed by atoms with van der Waals surface area (Å²) in [4.78, 5) is 45.3. The Balaban J connectivity index is 0.00000160. The smallest absolute Gasteiger partial charge is 0.261 e. The Hall–Kier alpha value is -2.48. The maximum absolute atomic E-state index is 12.8. The van der Waals surface area contributed by atoms with Gasteiger partial charge in [-0.15, -0.1) is 24.8 Å². The Kier molecular flexibility index (Phi) is 7.95. The van der Waals surface area contributed by atoms with Crippen LogP contribution >= 0.6 is 24.8 Å². The number of pyridine rings is 1. The molecule has 3 amide bonds. The third-order valence-corrected chi connectivity index (χ3v) is 5.37. The number of hydrogen-bond acceptors (Lipinski definition) is 5. The first-order valence-corrected chi connectivity index (χ1v) is 9.41. The molecule has 3 heterocycles. The first-order valence-electron chi connectivity index (χ1n) is 9.41. The standard InChI is InChI=1S/C21H22N4O3.2ClH/c1-22-11-15-6-9-24(12-15)19(26)16-2-3-17-18(10-16)21(28)25(20(17)27)13-14-4-7-23-8-5-14;;/h2-5,7-8,10,15,22H,6,9,11-13H2,1H3;2*1H. The first kappa shape index (κ1) is 23.8. The zero-order valence-electron chi connectivity index (χ0n) is 16.5. The molecule has 1 saturated heterocycles. The molecule has 30 heavy (non-hydrogen) atoms. The van der Waals surface area contributed by atoms with Gasteiger partial charge >= 0.3 is 0 Å². The number of hydrogen-bond donors (Lipinski definition) is 1. The molecule has 0 bridgehead atoms. The molecule has 2 aromatic rings.